The van der Waals surface area contributed by atoms with Gasteiger partial charge in [-0.05, 0) is 37.8 Å². The van der Waals surface area contributed by atoms with E-state index in [0.29, 0.717) is 11.7 Å². The molecule has 98 valence electrons. The van der Waals surface area contributed by atoms with Crippen LogP contribution in [0.3, 0.4) is 0 Å². The van der Waals surface area contributed by atoms with E-state index in [4.69, 9.17) is 16.2 Å². The highest BCUT2D eigenvalue weighted by molar-refractivity contribution is 5.98. The summed E-state index contributed by atoms with van der Waals surface area (Å²) in [5.41, 5.74) is 7.09. The Balaban J connectivity index is 2.21. The van der Waals surface area contributed by atoms with Gasteiger partial charge in [0.1, 0.15) is 11.5 Å². The number of rotatable bonds is 5. The fourth-order valence-electron chi connectivity index (χ4n) is 2.62. The van der Waals surface area contributed by atoms with E-state index in [1.807, 2.05) is 12.1 Å². The van der Waals surface area contributed by atoms with Gasteiger partial charge in [0, 0.05) is 25.4 Å². The molecule has 0 radical (unpaired) electrons. The van der Waals surface area contributed by atoms with Crippen molar-refractivity contribution in [2.24, 2.45) is 5.73 Å². The van der Waals surface area contributed by atoms with E-state index < -0.39 is 0 Å². The van der Waals surface area contributed by atoms with Gasteiger partial charge in [-0.15, -0.1) is 0 Å². The molecule has 1 aromatic heterocycles. The largest absolute Gasteiger partial charge is 0.396 e. The minimum Gasteiger partial charge on any atom is -0.396 e. The van der Waals surface area contributed by atoms with Gasteiger partial charge in [0.05, 0.1) is 5.69 Å². The zero-order valence-electron chi connectivity index (χ0n) is 10.5. The zero-order chi connectivity index (χ0) is 13.0. The zero-order valence-corrected chi connectivity index (χ0v) is 10.5. The molecule has 1 fully saturated rings. The standard InChI is InChI=1S/C13H20N4O/c14-13(15)12-11(6-1-7-16-12)17-8-2-4-10(17)5-3-9-18/h1,6-7,10,18H,2-5,8-9H2,(H3,14,15). The second-order valence-corrected chi connectivity index (χ2v) is 4.64. The number of nitrogens with two attached hydrogens (primary N) is 1. The van der Waals surface area contributed by atoms with Gasteiger partial charge in [0.15, 0.2) is 0 Å². The van der Waals surface area contributed by atoms with Crippen molar-refractivity contribution in [3.63, 3.8) is 0 Å². The van der Waals surface area contributed by atoms with Gasteiger partial charge in [0.2, 0.25) is 0 Å². The molecule has 0 bridgehead atoms. The number of nitrogens with zero attached hydrogens (tertiary/aromatic N) is 2. The lowest BCUT2D eigenvalue weighted by atomic mass is 10.1. The van der Waals surface area contributed by atoms with Gasteiger partial charge >= 0.3 is 0 Å². The molecule has 0 saturated carbocycles. The van der Waals surface area contributed by atoms with Gasteiger partial charge in [-0.2, -0.15) is 0 Å². The number of aliphatic hydroxyl groups excluding tert-OH is 1. The summed E-state index contributed by atoms with van der Waals surface area (Å²) in [5, 5.41) is 16.5. The summed E-state index contributed by atoms with van der Waals surface area (Å²) in [6.45, 7) is 1.21. The maximum Gasteiger partial charge on any atom is 0.143 e. The SMILES string of the molecule is N=C(N)c1ncccc1N1CCCC1CCCO. The minimum atomic E-state index is 0.0124. The van der Waals surface area contributed by atoms with Crippen LogP contribution in [0, 0.1) is 5.41 Å². The molecule has 0 aromatic carbocycles. The third-order valence-corrected chi connectivity index (χ3v) is 3.42. The number of amidine groups is 1. The van der Waals surface area contributed by atoms with Crippen molar-refractivity contribution >= 4 is 11.5 Å². The molecule has 18 heavy (non-hydrogen) atoms. The number of nitrogens with one attached hydrogen (secondary N) is 1. The smallest absolute Gasteiger partial charge is 0.143 e. The van der Waals surface area contributed by atoms with Crippen molar-refractivity contribution in [1.29, 1.82) is 5.41 Å². The topological polar surface area (TPSA) is 86.2 Å². The molecule has 1 atom stereocenters. The fourth-order valence-corrected chi connectivity index (χ4v) is 2.62. The summed E-state index contributed by atoms with van der Waals surface area (Å²) in [5.74, 6) is 0.0124. The van der Waals surface area contributed by atoms with Gasteiger partial charge in [-0.25, -0.2) is 0 Å². The molecule has 2 rings (SSSR count). The van der Waals surface area contributed by atoms with Crippen LogP contribution in [0.4, 0.5) is 5.69 Å². The Labute approximate surface area is 107 Å². The van der Waals surface area contributed by atoms with Gasteiger partial charge in [0.25, 0.3) is 0 Å². The van der Waals surface area contributed by atoms with E-state index in [2.05, 4.69) is 9.88 Å². The van der Waals surface area contributed by atoms with E-state index >= 15 is 0 Å². The lowest BCUT2D eigenvalue weighted by Gasteiger charge is -2.28. The van der Waals surface area contributed by atoms with Crippen LogP contribution in [-0.2, 0) is 0 Å². The molecular weight excluding hydrogens is 228 g/mol. The van der Waals surface area contributed by atoms with Gasteiger partial charge < -0.3 is 15.7 Å². The molecule has 1 aliphatic rings. The first-order valence-electron chi connectivity index (χ1n) is 6.41. The van der Waals surface area contributed by atoms with Crippen LogP contribution in [0.5, 0.6) is 0 Å². The summed E-state index contributed by atoms with van der Waals surface area (Å²) in [4.78, 5) is 6.47. The van der Waals surface area contributed by atoms with Crippen molar-refractivity contribution < 1.29 is 5.11 Å². The number of anilines is 1. The van der Waals surface area contributed by atoms with Crippen molar-refractivity contribution in [2.75, 3.05) is 18.1 Å². The third-order valence-electron chi connectivity index (χ3n) is 3.42. The van der Waals surface area contributed by atoms with Crippen LogP contribution in [0.2, 0.25) is 0 Å². The van der Waals surface area contributed by atoms with E-state index in [0.717, 1.165) is 37.9 Å². The van der Waals surface area contributed by atoms with E-state index in [9.17, 15) is 0 Å². The molecule has 5 nitrogen and oxygen atoms in total. The average Bonchev–Trinajstić information content (AvgIpc) is 2.84. The highest BCUT2D eigenvalue weighted by Gasteiger charge is 2.26. The molecule has 5 heteroatoms. The molecule has 0 amide bonds. The van der Waals surface area contributed by atoms with Crippen molar-refractivity contribution in [1.82, 2.24) is 4.98 Å². The van der Waals surface area contributed by atoms with E-state index in [1.54, 1.807) is 6.20 Å². The number of pyridine rings is 1. The molecule has 0 aliphatic carbocycles. The lowest BCUT2D eigenvalue weighted by molar-refractivity contribution is 0.279. The van der Waals surface area contributed by atoms with Crippen molar-refractivity contribution in [3.8, 4) is 0 Å². The predicted octanol–water partition coefficient (Wildman–Crippen LogP) is 1.11. The number of hydrogen-bond acceptors (Lipinski definition) is 4. The number of aliphatic hydroxyl groups is 1. The van der Waals surface area contributed by atoms with E-state index in [1.165, 1.54) is 0 Å². The summed E-state index contributed by atoms with van der Waals surface area (Å²) >= 11 is 0. The molecule has 1 aromatic rings. The first-order valence-corrected chi connectivity index (χ1v) is 6.41. The summed E-state index contributed by atoms with van der Waals surface area (Å²) in [6.07, 6.45) is 5.73. The molecule has 1 unspecified atom stereocenters. The second kappa shape index (κ2) is 5.82. The number of nitrogen functional groups attached to an aromatic ring is 1. The monoisotopic (exact) mass is 248 g/mol. The normalized spacial score (nSPS) is 19.2. The Kier molecular flexibility index (Phi) is 4.15. The summed E-state index contributed by atoms with van der Waals surface area (Å²) < 4.78 is 0. The fraction of sp³-hybridized carbons (Fsp3) is 0.538. The quantitative estimate of drug-likeness (QED) is 0.538. The highest BCUT2D eigenvalue weighted by atomic mass is 16.2. The summed E-state index contributed by atoms with van der Waals surface area (Å²) in [6, 6.07) is 4.28. The summed E-state index contributed by atoms with van der Waals surface area (Å²) in [7, 11) is 0. The Hall–Kier alpha value is -1.62. The van der Waals surface area contributed by atoms with Crippen LogP contribution in [-0.4, -0.2) is 35.1 Å². The molecule has 1 aliphatic heterocycles. The number of aromatic nitrogens is 1. The highest BCUT2D eigenvalue weighted by Crippen LogP contribution is 2.29. The van der Waals surface area contributed by atoms with E-state index in [-0.39, 0.29) is 12.4 Å². The average molecular weight is 248 g/mol. The maximum atomic E-state index is 8.94. The maximum absolute atomic E-state index is 8.94. The Bertz CT molecular complexity index is 421. The molecule has 1 saturated heterocycles. The van der Waals surface area contributed by atoms with Gasteiger partial charge in [-0.3, -0.25) is 10.4 Å². The minimum absolute atomic E-state index is 0.0124. The van der Waals surface area contributed by atoms with Crippen LogP contribution < -0.4 is 10.6 Å². The Morgan fingerprint density at radius 3 is 3.17 bits per heavy atom. The molecule has 2 heterocycles. The van der Waals surface area contributed by atoms with Crippen molar-refractivity contribution in [2.45, 2.75) is 31.7 Å². The Morgan fingerprint density at radius 1 is 1.61 bits per heavy atom. The first kappa shape index (κ1) is 12.8. The van der Waals surface area contributed by atoms with Crippen molar-refractivity contribution in [3.05, 3.63) is 24.0 Å². The second-order valence-electron chi connectivity index (χ2n) is 4.64. The molecular formula is C13H20N4O. The van der Waals surface area contributed by atoms with Crippen LogP contribution in [0.25, 0.3) is 0 Å². The molecule has 0 spiro atoms. The Morgan fingerprint density at radius 2 is 2.44 bits per heavy atom. The number of hydrogen-bond donors (Lipinski definition) is 3. The predicted molar refractivity (Wildman–Crippen MR) is 71.9 cm³/mol. The lowest BCUT2D eigenvalue weighted by Crippen LogP contribution is -2.32. The van der Waals surface area contributed by atoms with Gasteiger partial charge in [-0.1, -0.05) is 0 Å². The van der Waals surface area contributed by atoms with Crippen LogP contribution in [0.15, 0.2) is 18.3 Å². The third kappa shape index (κ3) is 2.61. The first-order chi connectivity index (χ1) is 8.74. The van der Waals surface area contributed by atoms with Crippen LogP contribution >= 0.6 is 0 Å². The van der Waals surface area contributed by atoms with Crippen LogP contribution in [0.1, 0.15) is 31.4 Å². The molecule has 4 N–H and O–H groups in total.